The molecule has 20 heavy (non-hydrogen) atoms. The number of nitrogens with zero attached hydrogens (tertiary/aromatic N) is 2. The Morgan fingerprint density at radius 2 is 2.15 bits per heavy atom. The number of hydrogen-bond acceptors (Lipinski definition) is 2. The molecule has 0 unspecified atom stereocenters. The maximum absolute atomic E-state index is 6.27. The average molecular weight is 378 g/mol. The molecule has 0 aliphatic heterocycles. The van der Waals surface area contributed by atoms with E-state index in [1.807, 2.05) is 36.7 Å². The highest BCUT2D eigenvalue weighted by Gasteiger charge is 2.15. The van der Waals surface area contributed by atoms with E-state index in [9.17, 15) is 0 Å². The lowest BCUT2D eigenvalue weighted by Gasteiger charge is -2.13. The molecular weight excluding hydrogens is 363 g/mol. The van der Waals surface area contributed by atoms with Crippen LogP contribution in [0.5, 0.6) is 5.75 Å². The summed E-state index contributed by atoms with van der Waals surface area (Å²) in [5, 5.41) is 5.03. The molecule has 0 N–H and O–H groups in total. The first kappa shape index (κ1) is 15.7. The van der Waals surface area contributed by atoms with Crippen molar-refractivity contribution in [1.82, 2.24) is 9.78 Å². The molecule has 0 aliphatic carbocycles. The van der Waals surface area contributed by atoms with Crippen LogP contribution in [0.3, 0.4) is 0 Å². The largest absolute Gasteiger partial charge is 0.486 e. The standard InChI is InChI=1S/C14H15BrCl2N2O/c1-3-19-12(13(17)9(2)18-19)8-20-14-10(7-16)5-4-6-11(14)15/h4-6H,3,7-8H2,1-2H3. The van der Waals surface area contributed by atoms with Crippen LogP contribution in [0.15, 0.2) is 22.7 Å². The fraction of sp³-hybridized carbons (Fsp3) is 0.357. The number of aryl methyl sites for hydroxylation is 2. The number of benzene rings is 1. The van der Waals surface area contributed by atoms with E-state index in [1.165, 1.54) is 0 Å². The molecule has 0 saturated heterocycles. The number of rotatable bonds is 5. The number of halogens is 3. The molecule has 1 heterocycles. The first-order valence-electron chi connectivity index (χ1n) is 6.26. The molecule has 0 aliphatic rings. The molecule has 2 rings (SSSR count). The van der Waals surface area contributed by atoms with E-state index in [0.29, 0.717) is 17.5 Å². The Labute approximate surface area is 137 Å². The van der Waals surface area contributed by atoms with Crippen molar-refractivity contribution in [3.8, 4) is 5.75 Å². The molecule has 1 aromatic carbocycles. The fourth-order valence-corrected chi connectivity index (χ4v) is 2.89. The van der Waals surface area contributed by atoms with Gasteiger partial charge in [-0.1, -0.05) is 23.7 Å². The highest BCUT2D eigenvalue weighted by Crippen LogP contribution is 2.31. The zero-order chi connectivity index (χ0) is 14.7. The van der Waals surface area contributed by atoms with E-state index >= 15 is 0 Å². The molecule has 0 spiro atoms. The lowest BCUT2D eigenvalue weighted by Crippen LogP contribution is -2.07. The smallest absolute Gasteiger partial charge is 0.138 e. The minimum atomic E-state index is 0.361. The molecule has 0 radical (unpaired) electrons. The van der Waals surface area contributed by atoms with Crippen molar-refractivity contribution < 1.29 is 4.74 Å². The van der Waals surface area contributed by atoms with Gasteiger partial charge in [0.05, 0.1) is 26.8 Å². The van der Waals surface area contributed by atoms with Crippen molar-refractivity contribution in [2.45, 2.75) is 32.9 Å². The van der Waals surface area contributed by atoms with Crippen molar-refractivity contribution in [1.29, 1.82) is 0 Å². The summed E-state index contributed by atoms with van der Waals surface area (Å²) in [4.78, 5) is 0. The predicted molar refractivity (Wildman–Crippen MR) is 85.7 cm³/mol. The topological polar surface area (TPSA) is 27.1 Å². The summed E-state index contributed by atoms with van der Waals surface area (Å²) in [5.41, 5.74) is 2.64. The van der Waals surface area contributed by atoms with Crippen LogP contribution in [0.4, 0.5) is 0 Å². The van der Waals surface area contributed by atoms with Gasteiger partial charge in [-0.25, -0.2) is 0 Å². The predicted octanol–water partition coefficient (Wildman–Crippen LogP) is 4.95. The second-order valence-electron chi connectivity index (χ2n) is 4.31. The third-order valence-electron chi connectivity index (χ3n) is 3.00. The van der Waals surface area contributed by atoms with Crippen LogP contribution in [-0.4, -0.2) is 9.78 Å². The third-order valence-corrected chi connectivity index (χ3v) is 4.40. The SMILES string of the molecule is CCn1nc(C)c(Cl)c1COc1c(Br)cccc1CCl. The van der Waals surface area contributed by atoms with E-state index in [2.05, 4.69) is 21.0 Å². The summed E-state index contributed by atoms with van der Waals surface area (Å²) < 4.78 is 8.64. The molecule has 2 aromatic rings. The summed E-state index contributed by atoms with van der Waals surface area (Å²) in [6.45, 7) is 5.03. The minimum Gasteiger partial charge on any atom is -0.486 e. The van der Waals surface area contributed by atoms with Gasteiger partial charge in [0, 0.05) is 12.1 Å². The van der Waals surface area contributed by atoms with Gasteiger partial charge in [0.1, 0.15) is 12.4 Å². The Balaban J connectivity index is 2.25. The summed E-state index contributed by atoms with van der Waals surface area (Å²) in [5.74, 6) is 1.15. The van der Waals surface area contributed by atoms with Crippen molar-refractivity contribution >= 4 is 39.1 Å². The highest BCUT2D eigenvalue weighted by molar-refractivity contribution is 9.10. The molecule has 0 amide bonds. The van der Waals surface area contributed by atoms with Crippen molar-refractivity contribution in [3.05, 3.63) is 44.6 Å². The van der Waals surface area contributed by atoms with Crippen LogP contribution in [0, 0.1) is 6.92 Å². The number of para-hydroxylation sites is 1. The lowest BCUT2D eigenvalue weighted by atomic mass is 10.2. The van der Waals surface area contributed by atoms with Gasteiger partial charge >= 0.3 is 0 Å². The molecule has 1 aromatic heterocycles. The van der Waals surface area contributed by atoms with E-state index in [-0.39, 0.29) is 0 Å². The molecular formula is C14H15BrCl2N2O. The maximum atomic E-state index is 6.27. The minimum absolute atomic E-state index is 0.361. The van der Waals surface area contributed by atoms with Crippen molar-refractivity contribution in [2.75, 3.05) is 0 Å². The second kappa shape index (κ2) is 6.83. The summed E-state index contributed by atoms with van der Waals surface area (Å²) in [7, 11) is 0. The van der Waals surface area contributed by atoms with Gasteiger partial charge in [0.25, 0.3) is 0 Å². The summed E-state index contributed by atoms with van der Waals surface area (Å²) in [6.07, 6.45) is 0. The summed E-state index contributed by atoms with van der Waals surface area (Å²) in [6, 6.07) is 5.80. The van der Waals surface area contributed by atoms with Crippen LogP contribution in [0.1, 0.15) is 23.9 Å². The zero-order valence-corrected chi connectivity index (χ0v) is 14.4. The van der Waals surface area contributed by atoms with Gasteiger partial charge in [-0.2, -0.15) is 5.10 Å². The van der Waals surface area contributed by atoms with Gasteiger partial charge in [0.15, 0.2) is 0 Å². The van der Waals surface area contributed by atoms with Gasteiger partial charge in [-0.05, 0) is 35.8 Å². The van der Waals surface area contributed by atoms with Crippen molar-refractivity contribution in [3.63, 3.8) is 0 Å². The van der Waals surface area contributed by atoms with Crippen LogP contribution in [0.2, 0.25) is 5.02 Å². The first-order valence-corrected chi connectivity index (χ1v) is 7.97. The Kier molecular flexibility index (Phi) is 5.35. The lowest BCUT2D eigenvalue weighted by molar-refractivity contribution is 0.288. The normalized spacial score (nSPS) is 10.8. The number of alkyl halides is 1. The first-order chi connectivity index (χ1) is 9.58. The van der Waals surface area contributed by atoms with E-state index in [4.69, 9.17) is 27.9 Å². The number of ether oxygens (including phenoxy) is 1. The summed E-state index contributed by atoms with van der Waals surface area (Å²) >= 11 is 15.7. The highest BCUT2D eigenvalue weighted by atomic mass is 79.9. The molecule has 0 bridgehead atoms. The molecule has 0 saturated carbocycles. The van der Waals surface area contributed by atoms with Gasteiger partial charge in [0.2, 0.25) is 0 Å². The van der Waals surface area contributed by atoms with Crippen LogP contribution >= 0.6 is 39.1 Å². The van der Waals surface area contributed by atoms with E-state index < -0.39 is 0 Å². The number of aromatic nitrogens is 2. The van der Waals surface area contributed by atoms with Crippen LogP contribution in [0.25, 0.3) is 0 Å². The molecule has 0 atom stereocenters. The quantitative estimate of drug-likeness (QED) is 0.689. The second-order valence-corrected chi connectivity index (χ2v) is 5.81. The zero-order valence-electron chi connectivity index (χ0n) is 11.3. The van der Waals surface area contributed by atoms with Gasteiger partial charge < -0.3 is 4.74 Å². The van der Waals surface area contributed by atoms with E-state index in [0.717, 1.165) is 33.7 Å². The monoisotopic (exact) mass is 376 g/mol. The maximum Gasteiger partial charge on any atom is 0.138 e. The fourth-order valence-electron chi connectivity index (χ4n) is 1.97. The van der Waals surface area contributed by atoms with E-state index in [1.54, 1.807) is 0 Å². The molecule has 0 fully saturated rings. The van der Waals surface area contributed by atoms with Gasteiger partial charge in [-0.3, -0.25) is 4.68 Å². The Morgan fingerprint density at radius 1 is 1.40 bits per heavy atom. The Morgan fingerprint density at radius 3 is 2.80 bits per heavy atom. The molecule has 3 nitrogen and oxygen atoms in total. The Hall–Kier alpha value is -0.710. The number of hydrogen-bond donors (Lipinski definition) is 0. The van der Waals surface area contributed by atoms with Crippen molar-refractivity contribution in [2.24, 2.45) is 0 Å². The third kappa shape index (κ3) is 3.13. The van der Waals surface area contributed by atoms with Crippen LogP contribution < -0.4 is 4.74 Å². The Bertz CT molecular complexity index is 613. The van der Waals surface area contributed by atoms with Crippen LogP contribution in [-0.2, 0) is 19.0 Å². The molecule has 108 valence electrons. The van der Waals surface area contributed by atoms with Gasteiger partial charge in [-0.15, -0.1) is 11.6 Å². The average Bonchev–Trinajstić information content (AvgIpc) is 2.72. The molecule has 6 heteroatoms.